The van der Waals surface area contributed by atoms with Crippen LogP contribution in [0.25, 0.3) is 0 Å². The van der Waals surface area contributed by atoms with Crippen molar-refractivity contribution >= 4 is 17.2 Å². The van der Waals surface area contributed by atoms with Crippen molar-refractivity contribution < 1.29 is 14.2 Å². The molecule has 0 saturated heterocycles. The summed E-state index contributed by atoms with van der Waals surface area (Å²) in [6.07, 6.45) is 2.23. The highest BCUT2D eigenvalue weighted by Crippen LogP contribution is 2.28. The number of nitrogens with two attached hydrogens (primary N) is 1. The molecule has 2 aromatic carbocycles. The highest BCUT2D eigenvalue weighted by atomic mass is 32.1. The topological polar surface area (TPSA) is 53.7 Å². The van der Waals surface area contributed by atoms with Gasteiger partial charge in [-0.1, -0.05) is 37.7 Å². The fourth-order valence-electron chi connectivity index (χ4n) is 2.40. The van der Waals surface area contributed by atoms with Crippen molar-refractivity contribution in [1.29, 1.82) is 0 Å². The largest absolute Gasteiger partial charge is 0.490 e. The van der Waals surface area contributed by atoms with Crippen molar-refractivity contribution in [2.75, 3.05) is 19.8 Å². The van der Waals surface area contributed by atoms with Crippen molar-refractivity contribution in [3.63, 3.8) is 0 Å². The Morgan fingerprint density at radius 1 is 0.920 bits per heavy atom. The smallest absolute Gasteiger partial charge is 0.161 e. The van der Waals surface area contributed by atoms with Gasteiger partial charge in [-0.2, -0.15) is 0 Å². The average Bonchev–Trinajstić information content (AvgIpc) is 2.61. The molecule has 0 bridgehead atoms. The van der Waals surface area contributed by atoms with Crippen LogP contribution < -0.4 is 19.9 Å². The molecule has 0 saturated carbocycles. The monoisotopic (exact) mass is 359 g/mol. The quantitative estimate of drug-likeness (QED) is 0.511. The fourth-order valence-corrected chi connectivity index (χ4v) is 2.53. The van der Waals surface area contributed by atoms with Gasteiger partial charge in [0, 0.05) is 5.56 Å². The van der Waals surface area contributed by atoms with Crippen LogP contribution in [0.5, 0.6) is 17.2 Å². The maximum absolute atomic E-state index is 5.77. The van der Waals surface area contributed by atoms with Crippen LogP contribution in [0.3, 0.4) is 0 Å². The number of thiocarbonyl (C=S) groups is 1. The number of hydrogen-bond donors (Lipinski definition) is 1. The van der Waals surface area contributed by atoms with E-state index in [-0.39, 0.29) is 0 Å². The number of hydrogen-bond acceptors (Lipinski definition) is 4. The van der Waals surface area contributed by atoms with Gasteiger partial charge in [-0.25, -0.2) is 0 Å². The number of rotatable bonds is 10. The lowest BCUT2D eigenvalue weighted by molar-refractivity contribution is 0.208. The Morgan fingerprint density at radius 2 is 1.64 bits per heavy atom. The van der Waals surface area contributed by atoms with Gasteiger partial charge in [-0.3, -0.25) is 0 Å². The van der Waals surface area contributed by atoms with Crippen molar-refractivity contribution in [2.24, 2.45) is 5.73 Å². The molecule has 5 heteroatoms. The summed E-state index contributed by atoms with van der Waals surface area (Å²) in [6, 6.07) is 13.6. The van der Waals surface area contributed by atoms with Gasteiger partial charge in [0.15, 0.2) is 11.5 Å². The Morgan fingerprint density at radius 3 is 2.28 bits per heavy atom. The molecule has 25 heavy (non-hydrogen) atoms. The Balaban J connectivity index is 1.87. The van der Waals surface area contributed by atoms with Crippen molar-refractivity contribution in [2.45, 2.75) is 26.7 Å². The minimum absolute atomic E-state index is 0.336. The molecule has 0 atom stereocenters. The lowest BCUT2D eigenvalue weighted by atomic mass is 10.1. The van der Waals surface area contributed by atoms with Crippen LogP contribution in [-0.4, -0.2) is 24.8 Å². The summed E-state index contributed by atoms with van der Waals surface area (Å²) in [5.74, 6) is 2.14. The predicted octanol–water partition coefficient (Wildman–Crippen LogP) is 4.13. The SMILES string of the molecule is CCCc1ccc(OCCOc2ccc(C(N)=S)cc2OCC)cc1. The lowest BCUT2D eigenvalue weighted by Crippen LogP contribution is -2.12. The molecule has 2 rings (SSSR count). The first kappa shape index (κ1) is 19.1. The van der Waals surface area contributed by atoms with E-state index in [1.54, 1.807) is 6.07 Å². The molecule has 4 nitrogen and oxygen atoms in total. The van der Waals surface area contributed by atoms with Crippen LogP contribution >= 0.6 is 12.2 Å². The molecule has 134 valence electrons. The number of ether oxygens (including phenoxy) is 3. The van der Waals surface area contributed by atoms with Crippen molar-refractivity contribution in [3.05, 3.63) is 53.6 Å². The Labute approximate surface area is 154 Å². The van der Waals surface area contributed by atoms with Gasteiger partial charge in [0.05, 0.1) is 6.61 Å². The molecule has 0 unspecified atom stereocenters. The van der Waals surface area contributed by atoms with E-state index in [0.29, 0.717) is 36.3 Å². The molecule has 0 radical (unpaired) electrons. The summed E-state index contributed by atoms with van der Waals surface area (Å²) in [7, 11) is 0. The van der Waals surface area contributed by atoms with Crippen LogP contribution in [0.2, 0.25) is 0 Å². The molecule has 0 aliphatic carbocycles. The molecule has 0 spiro atoms. The first-order valence-electron chi connectivity index (χ1n) is 8.55. The summed E-state index contributed by atoms with van der Waals surface area (Å²) >= 11 is 5.00. The molecule has 2 N–H and O–H groups in total. The fraction of sp³-hybridized carbons (Fsp3) is 0.350. The van der Waals surface area contributed by atoms with E-state index in [1.165, 1.54) is 5.56 Å². The Kier molecular flexibility index (Phi) is 7.54. The predicted molar refractivity (Wildman–Crippen MR) is 105 cm³/mol. The van der Waals surface area contributed by atoms with Gasteiger partial charge in [0.25, 0.3) is 0 Å². The maximum atomic E-state index is 5.77. The Hall–Kier alpha value is -2.27. The average molecular weight is 359 g/mol. The minimum Gasteiger partial charge on any atom is -0.490 e. The third kappa shape index (κ3) is 5.94. The summed E-state index contributed by atoms with van der Waals surface area (Å²) in [5, 5.41) is 0. The van der Waals surface area contributed by atoms with E-state index >= 15 is 0 Å². The lowest BCUT2D eigenvalue weighted by Gasteiger charge is -2.13. The van der Waals surface area contributed by atoms with Gasteiger partial charge in [-0.15, -0.1) is 0 Å². The zero-order valence-corrected chi connectivity index (χ0v) is 15.6. The van der Waals surface area contributed by atoms with Crippen molar-refractivity contribution in [1.82, 2.24) is 0 Å². The van der Waals surface area contributed by atoms with Gasteiger partial charge in [0.2, 0.25) is 0 Å². The molecule has 0 aliphatic heterocycles. The van der Waals surface area contributed by atoms with E-state index < -0.39 is 0 Å². The summed E-state index contributed by atoms with van der Waals surface area (Å²) in [6.45, 7) is 5.51. The molecule has 0 aromatic heterocycles. The third-order valence-electron chi connectivity index (χ3n) is 3.60. The highest BCUT2D eigenvalue weighted by Gasteiger charge is 2.08. The molecule has 0 amide bonds. The highest BCUT2D eigenvalue weighted by molar-refractivity contribution is 7.80. The molecular weight excluding hydrogens is 334 g/mol. The molecule has 0 heterocycles. The van der Waals surface area contributed by atoms with Crippen LogP contribution in [0.15, 0.2) is 42.5 Å². The minimum atomic E-state index is 0.336. The molecule has 2 aromatic rings. The van der Waals surface area contributed by atoms with E-state index in [2.05, 4.69) is 19.1 Å². The normalized spacial score (nSPS) is 10.3. The number of aryl methyl sites for hydroxylation is 1. The molecular formula is C20H25NO3S. The summed E-state index contributed by atoms with van der Waals surface area (Å²) < 4.78 is 17.1. The molecule has 0 fully saturated rings. The van der Waals surface area contributed by atoms with E-state index in [0.717, 1.165) is 24.2 Å². The van der Waals surface area contributed by atoms with Gasteiger partial charge < -0.3 is 19.9 Å². The Bertz CT molecular complexity index is 686. The summed E-state index contributed by atoms with van der Waals surface area (Å²) in [4.78, 5) is 0.336. The van der Waals surface area contributed by atoms with Gasteiger partial charge >= 0.3 is 0 Å². The van der Waals surface area contributed by atoms with Gasteiger partial charge in [0.1, 0.15) is 24.0 Å². The second-order valence-corrected chi connectivity index (χ2v) is 5.99. The van der Waals surface area contributed by atoms with Crippen LogP contribution in [-0.2, 0) is 6.42 Å². The second-order valence-electron chi connectivity index (χ2n) is 5.55. The van der Waals surface area contributed by atoms with Crippen LogP contribution in [0.1, 0.15) is 31.4 Å². The van der Waals surface area contributed by atoms with Crippen LogP contribution in [0, 0.1) is 0 Å². The zero-order valence-electron chi connectivity index (χ0n) is 14.8. The standard InChI is InChI=1S/C20H25NO3S/c1-3-5-15-6-9-17(10-7-15)23-12-13-24-18-11-8-16(20(21)25)14-19(18)22-4-2/h6-11,14H,3-5,12-13H2,1-2H3,(H2,21,25). The maximum Gasteiger partial charge on any atom is 0.161 e. The van der Waals surface area contributed by atoms with E-state index in [9.17, 15) is 0 Å². The molecule has 0 aliphatic rings. The van der Waals surface area contributed by atoms with Crippen molar-refractivity contribution in [3.8, 4) is 17.2 Å². The zero-order chi connectivity index (χ0) is 18.1. The number of benzene rings is 2. The van der Waals surface area contributed by atoms with E-state index in [1.807, 2.05) is 31.2 Å². The van der Waals surface area contributed by atoms with E-state index in [4.69, 9.17) is 32.2 Å². The van der Waals surface area contributed by atoms with Gasteiger partial charge in [-0.05, 0) is 49.2 Å². The third-order valence-corrected chi connectivity index (χ3v) is 3.84. The summed E-state index contributed by atoms with van der Waals surface area (Å²) in [5.41, 5.74) is 7.74. The first-order chi connectivity index (χ1) is 12.1. The first-order valence-corrected chi connectivity index (χ1v) is 8.96. The second kappa shape index (κ2) is 9.89. The van der Waals surface area contributed by atoms with Crippen LogP contribution in [0.4, 0.5) is 0 Å².